The largest absolute Gasteiger partial charge is 0.493 e. The van der Waals surface area contributed by atoms with E-state index in [4.69, 9.17) is 19.6 Å². The van der Waals surface area contributed by atoms with Gasteiger partial charge in [0.05, 0.1) is 27.0 Å². The molecule has 1 aromatic heterocycles. The summed E-state index contributed by atoms with van der Waals surface area (Å²) in [6.45, 7) is 2.34. The second kappa shape index (κ2) is 8.43. The third-order valence-electron chi connectivity index (χ3n) is 3.78. The summed E-state index contributed by atoms with van der Waals surface area (Å²) in [5.74, 6) is 2.11. The molecule has 0 aliphatic carbocycles. The van der Waals surface area contributed by atoms with Gasteiger partial charge in [-0.05, 0) is 43.2 Å². The highest BCUT2D eigenvalue weighted by Crippen LogP contribution is 2.27. The molecule has 0 saturated carbocycles. The van der Waals surface area contributed by atoms with Gasteiger partial charge in [-0.2, -0.15) is 0 Å². The molecule has 2 aromatic rings. The number of hydrogen-bond donors (Lipinski definition) is 3. The lowest BCUT2D eigenvalue weighted by Gasteiger charge is -2.18. The van der Waals surface area contributed by atoms with Gasteiger partial charge < -0.3 is 30.0 Å². The molecular formula is C18H25N3O4. The van der Waals surface area contributed by atoms with Crippen molar-refractivity contribution in [2.45, 2.75) is 18.9 Å². The number of nitrogens with two attached hydrogens (primary N) is 1. The minimum atomic E-state index is -1.20. The third-order valence-corrected chi connectivity index (χ3v) is 3.78. The van der Waals surface area contributed by atoms with E-state index in [9.17, 15) is 5.11 Å². The molecule has 0 bridgehead atoms. The summed E-state index contributed by atoms with van der Waals surface area (Å²) in [7, 11) is 3.21. The van der Waals surface area contributed by atoms with E-state index in [-0.39, 0.29) is 12.5 Å². The van der Waals surface area contributed by atoms with E-state index in [2.05, 4.69) is 10.3 Å². The molecule has 7 nitrogen and oxygen atoms in total. The molecule has 1 atom stereocenters. The second-order valence-corrected chi connectivity index (χ2v) is 5.82. The van der Waals surface area contributed by atoms with Gasteiger partial charge in [0.25, 0.3) is 0 Å². The van der Waals surface area contributed by atoms with Crippen molar-refractivity contribution in [3.63, 3.8) is 0 Å². The lowest BCUT2D eigenvalue weighted by atomic mass is 10.0. The first-order chi connectivity index (χ1) is 12.0. The van der Waals surface area contributed by atoms with Crippen molar-refractivity contribution in [2.24, 2.45) is 10.7 Å². The Bertz CT molecular complexity index is 696. The molecule has 1 unspecified atom stereocenters. The highest BCUT2D eigenvalue weighted by atomic mass is 16.5. The lowest BCUT2D eigenvalue weighted by molar-refractivity contribution is 0.0437. The second-order valence-electron chi connectivity index (χ2n) is 5.82. The molecule has 0 amide bonds. The quantitative estimate of drug-likeness (QED) is 0.496. The summed E-state index contributed by atoms with van der Waals surface area (Å²) in [6.07, 6.45) is 2.25. The summed E-state index contributed by atoms with van der Waals surface area (Å²) in [5.41, 5.74) is 5.74. The number of aliphatic imine (C=N–C) groups is 1. The Morgan fingerprint density at radius 3 is 2.68 bits per heavy atom. The molecule has 136 valence electrons. The number of nitrogens with one attached hydrogen (secondary N) is 1. The molecule has 0 radical (unpaired) electrons. The fourth-order valence-corrected chi connectivity index (χ4v) is 2.33. The predicted octanol–water partition coefficient (Wildman–Crippen LogP) is 1.65. The van der Waals surface area contributed by atoms with Crippen LogP contribution in [0.15, 0.2) is 46.0 Å². The van der Waals surface area contributed by atoms with Crippen LogP contribution >= 0.6 is 0 Å². The van der Waals surface area contributed by atoms with E-state index in [1.165, 1.54) is 6.26 Å². The van der Waals surface area contributed by atoms with Crippen molar-refractivity contribution < 1.29 is 19.0 Å². The van der Waals surface area contributed by atoms with Gasteiger partial charge in [0.1, 0.15) is 11.4 Å². The van der Waals surface area contributed by atoms with E-state index in [0.717, 1.165) is 12.0 Å². The molecule has 0 saturated heterocycles. The zero-order valence-corrected chi connectivity index (χ0v) is 14.8. The van der Waals surface area contributed by atoms with Gasteiger partial charge in [-0.1, -0.05) is 6.07 Å². The van der Waals surface area contributed by atoms with Crippen LogP contribution in [-0.4, -0.2) is 38.4 Å². The molecule has 7 heteroatoms. The molecule has 1 aromatic carbocycles. The van der Waals surface area contributed by atoms with Crippen LogP contribution in [0, 0.1) is 0 Å². The standard InChI is InChI=1S/C18H25N3O4/c1-18(22,16-5-4-10-25-16)12-21-17(19)20-9-8-13-6-7-14(23-2)15(11-13)24-3/h4-7,10-11,22H,8-9,12H2,1-3H3,(H3,19,20,21). The van der Waals surface area contributed by atoms with Crippen LogP contribution in [-0.2, 0) is 12.0 Å². The summed E-state index contributed by atoms with van der Waals surface area (Å²) >= 11 is 0. The molecule has 0 aliphatic rings. The minimum Gasteiger partial charge on any atom is -0.493 e. The van der Waals surface area contributed by atoms with E-state index in [0.29, 0.717) is 23.8 Å². The Labute approximate surface area is 147 Å². The van der Waals surface area contributed by atoms with Crippen LogP contribution in [0.3, 0.4) is 0 Å². The Morgan fingerprint density at radius 1 is 1.28 bits per heavy atom. The van der Waals surface area contributed by atoms with Crippen molar-refractivity contribution in [3.8, 4) is 11.5 Å². The maximum atomic E-state index is 10.3. The summed E-state index contributed by atoms with van der Waals surface area (Å²) in [4.78, 5) is 4.17. The third kappa shape index (κ3) is 5.15. The van der Waals surface area contributed by atoms with Crippen molar-refractivity contribution in [3.05, 3.63) is 47.9 Å². The van der Waals surface area contributed by atoms with Crippen molar-refractivity contribution in [1.29, 1.82) is 0 Å². The fourth-order valence-electron chi connectivity index (χ4n) is 2.33. The average Bonchev–Trinajstić information content (AvgIpc) is 3.15. The predicted molar refractivity (Wildman–Crippen MR) is 96.0 cm³/mol. The fraction of sp³-hybridized carbons (Fsp3) is 0.389. The number of nitrogens with zero attached hydrogens (tertiary/aromatic N) is 1. The number of aliphatic hydroxyl groups is 1. The monoisotopic (exact) mass is 347 g/mol. The van der Waals surface area contributed by atoms with Crippen molar-refractivity contribution in [1.82, 2.24) is 5.32 Å². The van der Waals surface area contributed by atoms with Crippen LogP contribution in [0.4, 0.5) is 0 Å². The molecule has 25 heavy (non-hydrogen) atoms. The molecular weight excluding hydrogens is 322 g/mol. The van der Waals surface area contributed by atoms with Crippen LogP contribution in [0.25, 0.3) is 0 Å². The first-order valence-electron chi connectivity index (χ1n) is 7.97. The maximum absolute atomic E-state index is 10.3. The average molecular weight is 347 g/mol. The Kier molecular flexibility index (Phi) is 6.30. The summed E-state index contributed by atoms with van der Waals surface area (Å²) < 4.78 is 15.7. The summed E-state index contributed by atoms with van der Waals surface area (Å²) in [6, 6.07) is 9.19. The van der Waals surface area contributed by atoms with Crippen LogP contribution in [0.2, 0.25) is 0 Å². The zero-order chi connectivity index (χ0) is 18.3. The van der Waals surface area contributed by atoms with Crippen molar-refractivity contribution >= 4 is 5.96 Å². The van der Waals surface area contributed by atoms with Gasteiger partial charge in [0.2, 0.25) is 0 Å². The Morgan fingerprint density at radius 2 is 2.04 bits per heavy atom. The molecule has 2 rings (SSSR count). The first kappa shape index (κ1) is 18.7. The number of furan rings is 1. The molecule has 0 fully saturated rings. The molecule has 0 aliphatic heterocycles. The van der Waals surface area contributed by atoms with E-state index >= 15 is 0 Å². The number of hydrogen-bond acceptors (Lipinski definition) is 5. The van der Waals surface area contributed by atoms with Gasteiger partial charge in [0.15, 0.2) is 17.5 Å². The Hall–Kier alpha value is -2.67. The molecule has 4 N–H and O–H groups in total. The molecule has 1 heterocycles. The van der Waals surface area contributed by atoms with Gasteiger partial charge in [-0.15, -0.1) is 0 Å². The number of rotatable bonds is 8. The van der Waals surface area contributed by atoms with Gasteiger partial charge in [0, 0.05) is 6.54 Å². The Balaban J connectivity index is 1.85. The van der Waals surface area contributed by atoms with Crippen molar-refractivity contribution in [2.75, 3.05) is 27.3 Å². The maximum Gasteiger partial charge on any atom is 0.188 e. The highest BCUT2D eigenvalue weighted by molar-refractivity contribution is 5.77. The molecule has 0 spiro atoms. The number of benzene rings is 1. The zero-order valence-electron chi connectivity index (χ0n) is 14.8. The SMILES string of the molecule is COc1ccc(CCNC(N)=NCC(C)(O)c2ccco2)cc1OC. The smallest absolute Gasteiger partial charge is 0.188 e. The van der Waals surface area contributed by atoms with E-state index in [1.54, 1.807) is 33.3 Å². The number of ether oxygens (including phenoxy) is 2. The first-order valence-corrected chi connectivity index (χ1v) is 7.97. The van der Waals surface area contributed by atoms with E-state index in [1.807, 2.05) is 18.2 Å². The summed E-state index contributed by atoms with van der Waals surface area (Å²) in [5, 5.41) is 13.4. The number of methoxy groups -OCH3 is 2. The van der Waals surface area contributed by atoms with E-state index < -0.39 is 5.60 Å². The topological polar surface area (TPSA) is 102 Å². The minimum absolute atomic E-state index is 0.107. The van der Waals surface area contributed by atoms with Crippen LogP contribution in [0.1, 0.15) is 18.2 Å². The lowest BCUT2D eigenvalue weighted by Crippen LogP contribution is -2.35. The highest BCUT2D eigenvalue weighted by Gasteiger charge is 2.25. The van der Waals surface area contributed by atoms with Crippen LogP contribution in [0.5, 0.6) is 11.5 Å². The van der Waals surface area contributed by atoms with Crippen LogP contribution < -0.4 is 20.5 Å². The normalized spacial score (nSPS) is 14.0. The number of guanidine groups is 1. The van der Waals surface area contributed by atoms with Gasteiger partial charge in [-0.3, -0.25) is 0 Å². The van der Waals surface area contributed by atoms with Gasteiger partial charge >= 0.3 is 0 Å². The van der Waals surface area contributed by atoms with Gasteiger partial charge in [-0.25, -0.2) is 4.99 Å².